The van der Waals surface area contributed by atoms with Gasteiger partial charge in [-0.25, -0.2) is 8.78 Å². The lowest BCUT2D eigenvalue weighted by atomic mass is 9.74. The molecule has 1 heterocycles. The largest absolute Gasteiger partial charge is 0.388 e. The number of aliphatic hydroxyl groups excluding tert-OH is 1. The molecule has 0 spiro atoms. The van der Waals surface area contributed by atoms with Crippen LogP contribution >= 0.6 is 12.2 Å². The molecule has 162 valence electrons. The molecule has 1 amide bonds. The molecular formula is C23H22F2N2O3S. The molecule has 31 heavy (non-hydrogen) atoms. The average molecular weight is 445 g/mol. The molecule has 8 heteroatoms. The summed E-state index contributed by atoms with van der Waals surface area (Å²) in [6, 6.07) is 11.8. The predicted molar refractivity (Wildman–Crippen MR) is 116 cm³/mol. The number of carbonyl (C=O) groups excluding carboxylic acids is 1. The Morgan fingerprint density at radius 1 is 1.26 bits per heavy atom. The molecule has 0 bridgehead atoms. The highest BCUT2D eigenvalue weighted by Gasteiger charge is 2.35. The zero-order chi connectivity index (χ0) is 22.6. The molecule has 0 aliphatic heterocycles. The summed E-state index contributed by atoms with van der Waals surface area (Å²) in [5, 5.41) is 17.2. The van der Waals surface area contributed by atoms with Crippen LogP contribution in [-0.2, 0) is 5.41 Å². The van der Waals surface area contributed by atoms with Crippen LogP contribution in [0, 0.1) is 18.6 Å². The van der Waals surface area contributed by atoms with Crippen LogP contribution in [0.3, 0.4) is 0 Å². The summed E-state index contributed by atoms with van der Waals surface area (Å²) in [6.45, 7) is 3.39. The fraction of sp³-hybridized carbons (Fsp3) is 0.261. The van der Waals surface area contributed by atoms with Crippen LogP contribution in [0.4, 0.5) is 8.78 Å². The summed E-state index contributed by atoms with van der Waals surface area (Å²) in [5.74, 6) is -1.85. The van der Waals surface area contributed by atoms with E-state index in [1.165, 1.54) is 12.3 Å². The van der Waals surface area contributed by atoms with Gasteiger partial charge in [0.2, 0.25) is 0 Å². The van der Waals surface area contributed by atoms with Crippen molar-refractivity contribution in [2.75, 3.05) is 0 Å². The second-order valence-corrected chi connectivity index (χ2v) is 8.17. The van der Waals surface area contributed by atoms with Gasteiger partial charge in [0.15, 0.2) is 0 Å². The number of benzene rings is 2. The molecule has 0 aliphatic carbocycles. The molecule has 0 aliphatic rings. The third-order valence-electron chi connectivity index (χ3n) is 5.21. The number of carbonyl (C=O) groups is 1. The minimum absolute atomic E-state index is 0.0406. The van der Waals surface area contributed by atoms with Crippen LogP contribution in [-0.4, -0.2) is 21.2 Å². The first kappa shape index (κ1) is 22.7. The second kappa shape index (κ2) is 9.45. The van der Waals surface area contributed by atoms with E-state index in [-0.39, 0.29) is 29.3 Å². The van der Waals surface area contributed by atoms with E-state index in [1.54, 1.807) is 44.2 Å². The molecule has 2 atom stereocenters. The lowest BCUT2D eigenvalue weighted by molar-refractivity contribution is 0.0976. The average Bonchev–Trinajstić information content (AvgIpc) is 3.14. The Labute approximate surface area is 184 Å². The van der Waals surface area contributed by atoms with Crippen LogP contribution < -0.4 is 5.32 Å². The maximum Gasteiger partial charge on any atom is 0.256 e. The van der Waals surface area contributed by atoms with E-state index in [1.807, 2.05) is 0 Å². The van der Waals surface area contributed by atoms with Gasteiger partial charge in [-0.3, -0.25) is 4.79 Å². The number of hydrogen-bond acceptors (Lipinski definition) is 5. The molecule has 3 aromatic rings. The SMILES string of the molecule is Cc1nocc1[C@H](O)C[C@](C)(CC(=S)NC(=O)c1ccccc1)c1ccc(F)cc1F. The van der Waals surface area contributed by atoms with Crippen LogP contribution in [0.15, 0.2) is 59.3 Å². The number of nitrogens with zero attached hydrogens (tertiary/aromatic N) is 1. The van der Waals surface area contributed by atoms with Crippen molar-refractivity contribution in [3.8, 4) is 0 Å². The summed E-state index contributed by atoms with van der Waals surface area (Å²) >= 11 is 5.39. The third-order valence-corrected chi connectivity index (χ3v) is 5.46. The lowest BCUT2D eigenvalue weighted by Crippen LogP contribution is -2.36. The van der Waals surface area contributed by atoms with Crippen molar-refractivity contribution < 1.29 is 23.2 Å². The number of aryl methyl sites for hydroxylation is 1. The van der Waals surface area contributed by atoms with Gasteiger partial charge in [-0.1, -0.05) is 48.6 Å². The van der Waals surface area contributed by atoms with Gasteiger partial charge in [0, 0.05) is 29.0 Å². The molecule has 0 fully saturated rings. The number of rotatable bonds is 7. The monoisotopic (exact) mass is 444 g/mol. The molecule has 0 radical (unpaired) electrons. The molecule has 0 saturated carbocycles. The Bertz CT molecular complexity index is 1090. The molecule has 1 aromatic heterocycles. The van der Waals surface area contributed by atoms with E-state index in [4.69, 9.17) is 16.7 Å². The van der Waals surface area contributed by atoms with Crippen molar-refractivity contribution in [1.82, 2.24) is 10.5 Å². The number of amides is 1. The Morgan fingerprint density at radius 3 is 2.58 bits per heavy atom. The molecule has 2 N–H and O–H groups in total. The number of halogens is 2. The van der Waals surface area contributed by atoms with Crippen molar-refractivity contribution in [3.63, 3.8) is 0 Å². The molecule has 2 aromatic carbocycles. The van der Waals surface area contributed by atoms with Crippen LogP contribution in [0.5, 0.6) is 0 Å². The van der Waals surface area contributed by atoms with Crippen LogP contribution in [0.1, 0.15) is 53.0 Å². The van der Waals surface area contributed by atoms with E-state index in [2.05, 4.69) is 10.5 Å². The summed E-state index contributed by atoms with van der Waals surface area (Å²) in [4.78, 5) is 12.6. The lowest BCUT2D eigenvalue weighted by Gasteiger charge is -2.33. The van der Waals surface area contributed by atoms with Crippen molar-refractivity contribution in [2.45, 2.75) is 38.2 Å². The van der Waals surface area contributed by atoms with Gasteiger partial charge in [-0.2, -0.15) is 0 Å². The van der Waals surface area contributed by atoms with E-state index < -0.39 is 23.2 Å². The minimum atomic E-state index is -1.05. The maximum absolute atomic E-state index is 14.7. The summed E-state index contributed by atoms with van der Waals surface area (Å²) in [6.07, 6.45) is 0.383. The molecule has 5 nitrogen and oxygen atoms in total. The number of nitrogens with one attached hydrogen (secondary N) is 1. The Balaban J connectivity index is 1.87. The van der Waals surface area contributed by atoms with Gasteiger partial charge < -0.3 is 14.9 Å². The third kappa shape index (κ3) is 5.39. The molecule has 0 unspecified atom stereocenters. The minimum Gasteiger partial charge on any atom is -0.388 e. The number of aliphatic hydroxyl groups is 1. The highest BCUT2D eigenvalue weighted by Crippen LogP contribution is 2.39. The van der Waals surface area contributed by atoms with Gasteiger partial charge in [0.05, 0.1) is 16.8 Å². The highest BCUT2D eigenvalue weighted by molar-refractivity contribution is 7.80. The van der Waals surface area contributed by atoms with Crippen molar-refractivity contribution in [2.24, 2.45) is 0 Å². The Kier molecular flexibility index (Phi) is 6.92. The maximum atomic E-state index is 14.7. The zero-order valence-corrected chi connectivity index (χ0v) is 17.9. The van der Waals surface area contributed by atoms with E-state index in [9.17, 15) is 18.7 Å². The number of hydrogen-bond donors (Lipinski definition) is 2. The number of aromatic nitrogens is 1. The van der Waals surface area contributed by atoms with Gasteiger partial charge in [0.1, 0.15) is 17.9 Å². The van der Waals surface area contributed by atoms with Crippen molar-refractivity contribution in [3.05, 3.63) is 88.8 Å². The zero-order valence-electron chi connectivity index (χ0n) is 17.1. The molecule has 0 saturated heterocycles. The smallest absolute Gasteiger partial charge is 0.256 e. The standard InChI is InChI=1S/C23H22F2N2O3S/c1-14-17(13-30-27-14)20(28)11-23(2,18-9-8-16(24)10-19(18)25)12-21(31)26-22(29)15-6-4-3-5-7-15/h3-10,13,20,28H,11-12H2,1-2H3,(H,26,29,31)/t20-,23-/m1/s1. The first-order chi connectivity index (χ1) is 14.7. The molecule has 3 rings (SSSR count). The van der Waals surface area contributed by atoms with E-state index >= 15 is 0 Å². The van der Waals surface area contributed by atoms with Crippen molar-refractivity contribution >= 4 is 23.1 Å². The van der Waals surface area contributed by atoms with Gasteiger partial charge in [-0.05, 0) is 37.1 Å². The summed E-state index contributed by atoms with van der Waals surface area (Å²) < 4.78 is 33.1. The fourth-order valence-electron chi connectivity index (χ4n) is 3.60. The topological polar surface area (TPSA) is 75.4 Å². The highest BCUT2D eigenvalue weighted by atomic mass is 32.1. The van der Waals surface area contributed by atoms with Crippen LogP contribution in [0.2, 0.25) is 0 Å². The van der Waals surface area contributed by atoms with E-state index in [0.29, 0.717) is 16.8 Å². The van der Waals surface area contributed by atoms with Gasteiger partial charge >= 0.3 is 0 Å². The second-order valence-electron chi connectivity index (χ2n) is 7.68. The Hall–Kier alpha value is -2.97. The first-order valence-corrected chi connectivity index (χ1v) is 10.0. The normalized spacial score (nSPS) is 14.0. The first-order valence-electron chi connectivity index (χ1n) is 9.63. The van der Waals surface area contributed by atoms with Crippen LogP contribution in [0.25, 0.3) is 0 Å². The number of thiocarbonyl (C=S) groups is 1. The fourth-order valence-corrected chi connectivity index (χ4v) is 4.01. The quantitative estimate of drug-likeness (QED) is 0.513. The summed E-state index contributed by atoms with van der Waals surface area (Å²) in [5.41, 5.74) is 0.530. The molecular weight excluding hydrogens is 422 g/mol. The Morgan fingerprint density at radius 2 is 1.97 bits per heavy atom. The van der Waals surface area contributed by atoms with Crippen molar-refractivity contribution in [1.29, 1.82) is 0 Å². The van der Waals surface area contributed by atoms with Gasteiger partial charge in [-0.15, -0.1) is 0 Å². The predicted octanol–water partition coefficient (Wildman–Crippen LogP) is 4.79. The van der Waals surface area contributed by atoms with Gasteiger partial charge in [0.25, 0.3) is 5.91 Å². The summed E-state index contributed by atoms with van der Waals surface area (Å²) in [7, 11) is 0. The van der Waals surface area contributed by atoms with E-state index in [0.717, 1.165) is 12.1 Å².